The molecule has 18 heavy (non-hydrogen) atoms. The van der Waals surface area contributed by atoms with Crippen molar-refractivity contribution in [3.05, 3.63) is 42.1 Å². The van der Waals surface area contributed by atoms with Crippen molar-refractivity contribution in [3.8, 4) is 0 Å². The van der Waals surface area contributed by atoms with E-state index in [0.717, 1.165) is 35.9 Å². The van der Waals surface area contributed by atoms with E-state index in [9.17, 15) is 4.79 Å². The molecule has 1 aromatic heterocycles. The van der Waals surface area contributed by atoms with Gasteiger partial charge in [0.05, 0.1) is 11.6 Å². The van der Waals surface area contributed by atoms with E-state index in [-0.39, 0.29) is 11.9 Å². The molecule has 1 unspecified atom stereocenters. The zero-order chi connectivity index (χ0) is 12.5. The molecule has 1 aliphatic rings. The van der Waals surface area contributed by atoms with Crippen molar-refractivity contribution in [1.29, 1.82) is 0 Å². The number of carbonyl (C=O) groups is 1. The molecule has 1 aromatic carbocycles. The maximum absolute atomic E-state index is 11.6. The number of pyridine rings is 1. The molecule has 1 fully saturated rings. The Morgan fingerprint density at radius 1 is 1.39 bits per heavy atom. The van der Waals surface area contributed by atoms with Crippen LogP contribution in [0.2, 0.25) is 0 Å². The molecule has 1 atom stereocenters. The van der Waals surface area contributed by atoms with Gasteiger partial charge in [-0.1, -0.05) is 18.2 Å². The van der Waals surface area contributed by atoms with Gasteiger partial charge in [-0.2, -0.15) is 0 Å². The van der Waals surface area contributed by atoms with Gasteiger partial charge < -0.3 is 4.90 Å². The molecule has 1 saturated heterocycles. The van der Waals surface area contributed by atoms with Gasteiger partial charge in [-0.15, -0.1) is 0 Å². The van der Waals surface area contributed by atoms with Crippen molar-refractivity contribution in [1.82, 2.24) is 9.88 Å². The molecule has 0 bridgehead atoms. The predicted molar refractivity (Wildman–Crippen MR) is 71.1 cm³/mol. The summed E-state index contributed by atoms with van der Waals surface area (Å²) in [6.45, 7) is 2.51. The van der Waals surface area contributed by atoms with Crippen LogP contribution < -0.4 is 0 Å². The molecule has 0 aliphatic carbocycles. The molecule has 1 aliphatic heterocycles. The lowest BCUT2D eigenvalue weighted by molar-refractivity contribution is -0.129. The number of likely N-dealkylation sites (tertiary alicyclic amines) is 1. The van der Waals surface area contributed by atoms with Crippen molar-refractivity contribution in [2.75, 3.05) is 6.54 Å². The topological polar surface area (TPSA) is 33.2 Å². The standard InChI is InChI=1S/C15H16N2O/c1-11(18)17-8-4-7-15(17)13-9-12-5-2-3-6-14(12)16-10-13/h2-3,5-6,9-10,15H,4,7-8H2,1H3. The van der Waals surface area contributed by atoms with Crippen LogP contribution in [0.5, 0.6) is 0 Å². The highest BCUT2D eigenvalue weighted by Crippen LogP contribution is 2.32. The smallest absolute Gasteiger partial charge is 0.219 e. The molecule has 2 aromatic rings. The fourth-order valence-corrected chi connectivity index (χ4v) is 2.76. The fraction of sp³-hybridized carbons (Fsp3) is 0.333. The van der Waals surface area contributed by atoms with Crippen LogP contribution in [0.15, 0.2) is 36.5 Å². The van der Waals surface area contributed by atoms with Gasteiger partial charge in [0.15, 0.2) is 0 Å². The Labute approximate surface area is 106 Å². The number of hydrogen-bond donors (Lipinski definition) is 0. The second-order valence-corrected chi connectivity index (χ2v) is 4.83. The Morgan fingerprint density at radius 2 is 2.22 bits per heavy atom. The zero-order valence-corrected chi connectivity index (χ0v) is 10.5. The third-order valence-corrected chi connectivity index (χ3v) is 3.65. The van der Waals surface area contributed by atoms with Crippen LogP contribution in [0.4, 0.5) is 0 Å². The number of rotatable bonds is 1. The van der Waals surface area contributed by atoms with E-state index in [0.29, 0.717) is 0 Å². The molecule has 2 heterocycles. The molecule has 3 heteroatoms. The largest absolute Gasteiger partial charge is 0.336 e. The quantitative estimate of drug-likeness (QED) is 0.768. The van der Waals surface area contributed by atoms with Crippen LogP contribution in [0.3, 0.4) is 0 Å². The Morgan fingerprint density at radius 3 is 3.06 bits per heavy atom. The Kier molecular flexibility index (Phi) is 2.74. The summed E-state index contributed by atoms with van der Waals surface area (Å²) >= 11 is 0. The molecule has 0 radical (unpaired) electrons. The van der Waals surface area contributed by atoms with Crippen LogP contribution in [0.25, 0.3) is 10.9 Å². The summed E-state index contributed by atoms with van der Waals surface area (Å²) < 4.78 is 0. The van der Waals surface area contributed by atoms with E-state index in [1.165, 1.54) is 0 Å². The molecule has 0 spiro atoms. The van der Waals surface area contributed by atoms with Crippen LogP contribution in [-0.2, 0) is 4.79 Å². The minimum Gasteiger partial charge on any atom is -0.336 e. The summed E-state index contributed by atoms with van der Waals surface area (Å²) in [5, 5.41) is 1.14. The SMILES string of the molecule is CC(=O)N1CCCC1c1cnc2ccccc2c1. The van der Waals surface area contributed by atoms with Gasteiger partial charge in [0, 0.05) is 25.1 Å². The normalized spacial score (nSPS) is 19.4. The third-order valence-electron chi connectivity index (χ3n) is 3.65. The first kappa shape index (κ1) is 11.2. The van der Waals surface area contributed by atoms with E-state index in [1.54, 1.807) is 6.92 Å². The minimum atomic E-state index is 0.158. The maximum atomic E-state index is 11.6. The summed E-state index contributed by atoms with van der Waals surface area (Å²) in [7, 11) is 0. The summed E-state index contributed by atoms with van der Waals surface area (Å²) in [5.74, 6) is 0.158. The van der Waals surface area contributed by atoms with Crippen molar-refractivity contribution >= 4 is 16.8 Å². The molecule has 3 rings (SSSR count). The van der Waals surface area contributed by atoms with Crippen LogP contribution >= 0.6 is 0 Å². The first-order valence-corrected chi connectivity index (χ1v) is 6.37. The zero-order valence-electron chi connectivity index (χ0n) is 10.5. The number of hydrogen-bond acceptors (Lipinski definition) is 2. The lowest BCUT2D eigenvalue weighted by Gasteiger charge is -2.23. The van der Waals surface area contributed by atoms with Crippen LogP contribution in [0, 0.1) is 0 Å². The first-order chi connectivity index (χ1) is 8.75. The molecule has 92 valence electrons. The predicted octanol–water partition coefficient (Wildman–Crippen LogP) is 2.92. The Balaban J connectivity index is 2.01. The van der Waals surface area contributed by atoms with E-state index in [2.05, 4.69) is 17.1 Å². The van der Waals surface area contributed by atoms with E-state index >= 15 is 0 Å². The number of amides is 1. The maximum Gasteiger partial charge on any atom is 0.219 e. The highest BCUT2D eigenvalue weighted by Gasteiger charge is 2.27. The lowest BCUT2D eigenvalue weighted by atomic mass is 10.0. The second kappa shape index (κ2) is 4.41. The Hall–Kier alpha value is -1.90. The highest BCUT2D eigenvalue weighted by molar-refractivity contribution is 5.79. The number of nitrogens with zero attached hydrogens (tertiary/aromatic N) is 2. The van der Waals surface area contributed by atoms with Gasteiger partial charge in [0.1, 0.15) is 0 Å². The van der Waals surface area contributed by atoms with E-state index in [4.69, 9.17) is 0 Å². The molecular weight excluding hydrogens is 224 g/mol. The summed E-state index contributed by atoms with van der Waals surface area (Å²) in [6, 6.07) is 10.5. The Bertz CT molecular complexity index is 594. The minimum absolute atomic E-state index is 0.158. The summed E-state index contributed by atoms with van der Waals surface area (Å²) in [6.07, 6.45) is 4.03. The third kappa shape index (κ3) is 1.86. The van der Waals surface area contributed by atoms with Gasteiger partial charge in [0.25, 0.3) is 0 Å². The van der Waals surface area contributed by atoms with Crippen molar-refractivity contribution in [2.24, 2.45) is 0 Å². The van der Waals surface area contributed by atoms with Crippen LogP contribution in [-0.4, -0.2) is 22.3 Å². The highest BCUT2D eigenvalue weighted by atomic mass is 16.2. The number of carbonyl (C=O) groups excluding carboxylic acids is 1. The molecular formula is C15H16N2O. The van der Waals surface area contributed by atoms with Gasteiger partial charge in [-0.05, 0) is 30.5 Å². The second-order valence-electron chi connectivity index (χ2n) is 4.83. The average Bonchev–Trinajstić information content (AvgIpc) is 2.87. The number of para-hydroxylation sites is 1. The van der Waals surface area contributed by atoms with E-state index < -0.39 is 0 Å². The number of aromatic nitrogens is 1. The number of fused-ring (bicyclic) bond motifs is 1. The fourth-order valence-electron chi connectivity index (χ4n) is 2.76. The van der Waals surface area contributed by atoms with Crippen LogP contribution in [0.1, 0.15) is 31.4 Å². The van der Waals surface area contributed by atoms with Crippen molar-refractivity contribution in [3.63, 3.8) is 0 Å². The average molecular weight is 240 g/mol. The molecule has 1 amide bonds. The van der Waals surface area contributed by atoms with Gasteiger partial charge in [0.2, 0.25) is 5.91 Å². The monoisotopic (exact) mass is 240 g/mol. The van der Waals surface area contributed by atoms with Crippen molar-refractivity contribution in [2.45, 2.75) is 25.8 Å². The summed E-state index contributed by atoms with van der Waals surface area (Å²) in [5.41, 5.74) is 2.16. The summed E-state index contributed by atoms with van der Waals surface area (Å²) in [4.78, 5) is 18.0. The first-order valence-electron chi connectivity index (χ1n) is 6.37. The number of benzene rings is 1. The molecule has 0 N–H and O–H groups in total. The van der Waals surface area contributed by atoms with Gasteiger partial charge in [-0.25, -0.2) is 0 Å². The van der Waals surface area contributed by atoms with Gasteiger partial charge in [-0.3, -0.25) is 9.78 Å². The van der Waals surface area contributed by atoms with E-state index in [1.807, 2.05) is 29.3 Å². The lowest BCUT2D eigenvalue weighted by Crippen LogP contribution is -2.28. The van der Waals surface area contributed by atoms with Gasteiger partial charge >= 0.3 is 0 Å². The molecule has 0 saturated carbocycles. The van der Waals surface area contributed by atoms with Crippen molar-refractivity contribution < 1.29 is 4.79 Å². The molecule has 3 nitrogen and oxygen atoms in total.